The second kappa shape index (κ2) is 8.08. The topological polar surface area (TPSA) is 119 Å². The summed E-state index contributed by atoms with van der Waals surface area (Å²) in [5.74, 6) is -0.205. The molecule has 10 nitrogen and oxygen atoms in total. The van der Waals surface area contributed by atoms with E-state index in [9.17, 15) is 14.0 Å². The van der Waals surface area contributed by atoms with Gasteiger partial charge in [0, 0.05) is 24.7 Å². The average molecular weight is 449 g/mol. The summed E-state index contributed by atoms with van der Waals surface area (Å²) < 4.78 is 21.1. The van der Waals surface area contributed by atoms with E-state index >= 15 is 0 Å². The molecule has 0 spiro atoms. The lowest BCUT2D eigenvalue weighted by atomic mass is 10.1. The predicted molar refractivity (Wildman–Crippen MR) is 114 cm³/mol. The highest BCUT2D eigenvalue weighted by atomic mass is 19.1. The van der Waals surface area contributed by atoms with Gasteiger partial charge in [-0.05, 0) is 43.7 Å². The highest BCUT2D eigenvalue weighted by Crippen LogP contribution is 2.28. The van der Waals surface area contributed by atoms with Gasteiger partial charge in [0.15, 0.2) is 17.3 Å². The first-order valence-corrected chi connectivity index (χ1v) is 10.4. The summed E-state index contributed by atoms with van der Waals surface area (Å²) in [5, 5.41) is 14.9. The summed E-state index contributed by atoms with van der Waals surface area (Å²) in [4.78, 5) is 30.7. The molecule has 2 amide bonds. The van der Waals surface area contributed by atoms with Crippen LogP contribution >= 0.6 is 0 Å². The van der Waals surface area contributed by atoms with Gasteiger partial charge in [0.25, 0.3) is 5.89 Å². The van der Waals surface area contributed by atoms with E-state index in [2.05, 4.69) is 25.7 Å². The zero-order valence-corrected chi connectivity index (χ0v) is 17.9. The van der Waals surface area contributed by atoms with Crippen molar-refractivity contribution in [3.8, 4) is 11.5 Å². The molecule has 4 heterocycles. The van der Waals surface area contributed by atoms with Gasteiger partial charge in [0.1, 0.15) is 5.82 Å². The van der Waals surface area contributed by atoms with E-state index in [1.165, 1.54) is 11.0 Å². The van der Waals surface area contributed by atoms with Crippen LogP contribution in [0.5, 0.6) is 0 Å². The molecule has 5 rings (SSSR count). The van der Waals surface area contributed by atoms with E-state index in [-0.39, 0.29) is 37.0 Å². The Morgan fingerprint density at radius 2 is 2.09 bits per heavy atom. The van der Waals surface area contributed by atoms with Gasteiger partial charge in [-0.3, -0.25) is 14.0 Å². The largest absolute Gasteiger partial charge is 0.348 e. The van der Waals surface area contributed by atoms with Crippen LogP contribution in [0.1, 0.15) is 23.6 Å². The quantitative estimate of drug-likeness (QED) is 0.496. The Morgan fingerprint density at radius 3 is 2.88 bits per heavy atom. The first-order chi connectivity index (χ1) is 15.9. The van der Waals surface area contributed by atoms with Crippen LogP contribution in [0.25, 0.3) is 17.1 Å². The first kappa shape index (κ1) is 20.7. The minimum absolute atomic E-state index is 0.0206. The van der Waals surface area contributed by atoms with Gasteiger partial charge in [-0.2, -0.15) is 4.98 Å². The molecule has 0 bridgehead atoms. The summed E-state index contributed by atoms with van der Waals surface area (Å²) >= 11 is 0. The lowest BCUT2D eigenvalue weighted by Gasteiger charge is -2.18. The Morgan fingerprint density at radius 1 is 1.24 bits per heavy atom. The van der Waals surface area contributed by atoms with Crippen LogP contribution < -0.4 is 10.2 Å². The van der Waals surface area contributed by atoms with Gasteiger partial charge in [-0.15, -0.1) is 10.2 Å². The summed E-state index contributed by atoms with van der Waals surface area (Å²) in [6.07, 6.45) is 1.78. The molecule has 3 aromatic heterocycles. The number of hydrogen-bond donors (Lipinski definition) is 1. The van der Waals surface area contributed by atoms with Crippen LogP contribution in [-0.4, -0.2) is 43.1 Å². The summed E-state index contributed by atoms with van der Waals surface area (Å²) in [6.45, 7) is 3.81. The summed E-state index contributed by atoms with van der Waals surface area (Å²) in [6, 6.07) is 8.12. The van der Waals surface area contributed by atoms with Crippen molar-refractivity contribution in [3.05, 3.63) is 59.6 Å². The zero-order valence-electron chi connectivity index (χ0n) is 17.9. The predicted octanol–water partition coefficient (Wildman–Crippen LogP) is 2.20. The molecule has 1 N–H and O–H groups in total. The van der Waals surface area contributed by atoms with E-state index in [0.717, 1.165) is 5.56 Å². The number of pyridine rings is 1. The Labute approximate surface area is 187 Å². The number of aryl methyl sites for hydroxylation is 2. The standard InChI is InChI=1S/C22H20FN7O3/c1-12-3-4-16(23)17(7-12)30-11-15(9-20(30)31)21(32)24-10-19-27-26-18-8-14(5-6-29(18)19)22-25-13(2)28-33-22/h3-8,15H,9-11H2,1-2H3,(H,24,32). The number of anilines is 1. The van der Waals surface area contributed by atoms with E-state index in [1.54, 1.807) is 41.8 Å². The monoisotopic (exact) mass is 449 g/mol. The Bertz CT molecular complexity index is 1380. The van der Waals surface area contributed by atoms with Gasteiger partial charge in [-0.25, -0.2) is 4.39 Å². The van der Waals surface area contributed by atoms with Crippen molar-refractivity contribution < 1.29 is 18.5 Å². The van der Waals surface area contributed by atoms with Crippen LogP contribution in [0.2, 0.25) is 0 Å². The highest BCUT2D eigenvalue weighted by molar-refractivity contribution is 6.00. The summed E-state index contributed by atoms with van der Waals surface area (Å²) in [7, 11) is 0. The Kier molecular flexibility index (Phi) is 5.08. The molecule has 1 aromatic carbocycles. The van der Waals surface area contributed by atoms with Crippen LogP contribution in [0.4, 0.5) is 10.1 Å². The molecule has 1 saturated heterocycles. The number of benzene rings is 1. The van der Waals surface area contributed by atoms with E-state index in [0.29, 0.717) is 28.8 Å². The second-order valence-electron chi connectivity index (χ2n) is 7.98. The Balaban J connectivity index is 1.26. The van der Waals surface area contributed by atoms with Crippen molar-refractivity contribution in [2.24, 2.45) is 5.92 Å². The van der Waals surface area contributed by atoms with Crippen LogP contribution in [-0.2, 0) is 16.1 Å². The molecule has 168 valence electrons. The van der Waals surface area contributed by atoms with Gasteiger partial charge >= 0.3 is 0 Å². The van der Waals surface area contributed by atoms with Crippen molar-refractivity contribution in [2.45, 2.75) is 26.8 Å². The maximum absolute atomic E-state index is 14.2. The third kappa shape index (κ3) is 3.93. The molecule has 1 atom stereocenters. The number of amides is 2. The van der Waals surface area contributed by atoms with Crippen LogP contribution in [0.3, 0.4) is 0 Å². The minimum atomic E-state index is -0.580. The SMILES string of the molecule is Cc1ccc(F)c(N2CC(C(=O)NCc3nnc4cc(-c5nc(C)no5)ccn34)CC2=O)c1. The number of rotatable bonds is 5. The normalized spacial score (nSPS) is 16.0. The molecule has 33 heavy (non-hydrogen) atoms. The molecule has 1 fully saturated rings. The molecule has 1 unspecified atom stereocenters. The van der Waals surface area contributed by atoms with Crippen LogP contribution in [0.15, 0.2) is 41.1 Å². The highest BCUT2D eigenvalue weighted by Gasteiger charge is 2.36. The lowest BCUT2D eigenvalue weighted by Crippen LogP contribution is -2.33. The van der Waals surface area contributed by atoms with Crippen molar-refractivity contribution >= 4 is 23.1 Å². The second-order valence-corrected chi connectivity index (χ2v) is 7.98. The van der Waals surface area contributed by atoms with Crippen molar-refractivity contribution in [1.29, 1.82) is 0 Å². The number of nitrogens with zero attached hydrogens (tertiary/aromatic N) is 6. The number of hydrogen-bond acceptors (Lipinski definition) is 7. The number of nitrogens with one attached hydrogen (secondary N) is 1. The van der Waals surface area contributed by atoms with Gasteiger partial charge in [0.05, 0.1) is 18.2 Å². The fourth-order valence-corrected chi connectivity index (χ4v) is 3.86. The van der Waals surface area contributed by atoms with Gasteiger partial charge < -0.3 is 14.7 Å². The third-order valence-electron chi connectivity index (χ3n) is 5.56. The first-order valence-electron chi connectivity index (χ1n) is 10.4. The van der Waals surface area contributed by atoms with E-state index < -0.39 is 11.7 Å². The number of carbonyl (C=O) groups excluding carboxylic acids is 2. The molecule has 11 heteroatoms. The van der Waals surface area contributed by atoms with E-state index in [1.807, 2.05) is 6.92 Å². The maximum atomic E-state index is 14.2. The third-order valence-corrected chi connectivity index (χ3v) is 5.56. The lowest BCUT2D eigenvalue weighted by molar-refractivity contribution is -0.126. The van der Waals surface area contributed by atoms with Gasteiger partial charge in [-0.1, -0.05) is 11.2 Å². The number of halogens is 1. The fourth-order valence-electron chi connectivity index (χ4n) is 3.86. The molecular formula is C22H20FN7O3. The molecule has 0 saturated carbocycles. The van der Waals surface area contributed by atoms with Crippen molar-refractivity contribution in [2.75, 3.05) is 11.4 Å². The molecule has 1 aliphatic rings. The van der Waals surface area contributed by atoms with E-state index in [4.69, 9.17) is 4.52 Å². The summed E-state index contributed by atoms with van der Waals surface area (Å²) in [5.41, 5.74) is 2.30. The average Bonchev–Trinajstić information content (AvgIpc) is 3.51. The van der Waals surface area contributed by atoms with Crippen LogP contribution in [0, 0.1) is 25.6 Å². The van der Waals surface area contributed by atoms with Crippen molar-refractivity contribution in [1.82, 2.24) is 30.1 Å². The molecule has 1 aliphatic heterocycles. The fraction of sp³-hybridized carbons (Fsp3) is 0.273. The minimum Gasteiger partial charge on any atom is -0.348 e. The van der Waals surface area contributed by atoms with Crippen molar-refractivity contribution in [3.63, 3.8) is 0 Å². The van der Waals surface area contributed by atoms with Gasteiger partial charge in [0.2, 0.25) is 11.8 Å². The molecule has 0 aliphatic carbocycles. The number of fused-ring (bicyclic) bond motifs is 1. The Hall–Kier alpha value is -4.15. The molecule has 4 aromatic rings. The molecular weight excluding hydrogens is 429 g/mol. The zero-order chi connectivity index (χ0) is 23.1. The smallest absolute Gasteiger partial charge is 0.258 e. The maximum Gasteiger partial charge on any atom is 0.258 e. The number of carbonyl (C=O) groups is 2. The number of aromatic nitrogens is 5. The molecule has 0 radical (unpaired) electrons.